The number of para-hydroxylation sites is 1. The largest absolute Gasteiger partial charge is 0.279 e. The van der Waals surface area contributed by atoms with E-state index in [1.165, 1.54) is 5.56 Å². The quantitative estimate of drug-likeness (QED) is 0.324. The van der Waals surface area contributed by atoms with Gasteiger partial charge in [0.1, 0.15) is 0 Å². The van der Waals surface area contributed by atoms with E-state index in [9.17, 15) is 0 Å². The molecule has 0 aliphatic heterocycles. The molecule has 0 N–H and O–H groups in total. The van der Waals surface area contributed by atoms with Crippen molar-refractivity contribution >= 4 is 5.69 Å². The Labute approximate surface area is 150 Å². The van der Waals surface area contributed by atoms with E-state index in [-0.39, 0.29) is 19.5 Å². The molecule has 2 rings (SSSR count). The summed E-state index contributed by atoms with van der Waals surface area (Å²) in [5.74, 6) is 0. The maximum Gasteiger partial charge on any atom is 0.0771 e. The zero-order chi connectivity index (χ0) is 17.1. The Balaban J connectivity index is -0.000000514. The first-order chi connectivity index (χ1) is 10.9. The van der Waals surface area contributed by atoms with Gasteiger partial charge < -0.3 is 0 Å². The molecule has 0 aliphatic rings. The molecule has 2 aromatic carbocycles. The molecule has 5 heteroatoms. The molecule has 0 bridgehead atoms. The third-order valence-corrected chi connectivity index (χ3v) is 2.15. The average molecular weight is 392 g/mol. The standard InChI is InChI=1S/C15H13N.3CO.Ru/c1-3-8-14(9-4-1)10-7-13-16-15-11-5-2-6-12-15;3*1-2;/h1-13H;;;;. The number of nitrogens with zero attached hydrogens (tertiary/aromatic N) is 1. The Kier molecular flexibility index (Phi) is 25.3. The number of benzene rings is 2. The zero-order valence-electron chi connectivity index (χ0n) is 12.0. The fraction of sp³-hybridized carbons (Fsp3) is 0. The molecule has 0 amide bonds. The summed E-state index contributed by atoms with van der Waals surface area (Å²) in [6, 6.07) is 20.1. The van der Waals surface area contributed by atoms with Crippen LogP contribution in [0.4, 0.5) is 5.69 Å². The summed E-state index contributed by atoms with van der Waals surface area (Å²) in [4.78, 5) is 0. The minimum atomic E-state index is 0. The van der Waals surface area contributed by atoms with Crippen LogP contribution in [0.2, 0.25) is 0 Å². The Morgan fingerprint density at radius 1 is 0.696 bits per heavy atom. The monoisotopic (exact) mass is 393 g/mol. The Morgan fingerprint density at radius 3 is 1.61 bits per heavy atom. The van der Waals surface area contributed by atoms with Gasteiger partial charge in [0.05, 0.1) is 12.2 Å². The number of rotatable bonds is 5. The summed E-state index contributed by atoms with van der Waals surface area (Å²) in [5, 5.41) is 4.31. The Bertz CT molecular complexity index is 468. The van der Waals surface area contributed by atoms with Gasteiger partial charge in [0, 0.05) is 19.5 Å². The molecule has 4 nitrogen and oxygen atoms in total. The van der Waals surface area contributed by atoms with Crippen molar-refractivity contribution in [2.75, 3.05) is 0 Å². The van der Waals surface area contributed by atoms with Crippen molar-refractivity contribution in [3.05, 3.63) is 106 Å². The smallest absolute Gasteiger partial charge is 0.0771 e. The number of hydrogen-bond donors (Lipinski definition) is 0. The van der Waals surface area contributed by atoms with Crippen LogP contribution in [-0.2, 0) is 33.4 Å². The van der Waals surface area contributed by atoms with Gasteiger partial charge in [0.2, 0.25) is 0 Å². The molecule has 0 saturated heterocycles. The summed E-state index contributed by atoms with van der Waals surface area (Å²) in [5.41, 5.74) is 2.15. The van der Waals surface area contributed by atoms with Crippen LogP contribution in [0.3, 0.4) is 0 Å². The van der Waals surface area contributed by atoms with Crippen LogP contribution < -0.4 is 5.32 Å². The van der Waals surface area contributed by atoms with Gasteiger partial charge in [-0.05, 0) is 30.5 Å². The van der Waals surface area contributed by atoms with E-state index in [1.807, 2.05) is 67.9 Å². The van der Waals surface area contributed by atoms with Gasteiger partial charge in [-0.25, -0.2) is 0 Å². The molecule has 0 spiro atoms. The van der Waals surface area contributed by atoms with Crippen LogP contribution in [-0.4, -0.2) is 0 Å². The van der Waals surface area contributed by atoms with Gasteiger partial charge in [-0.15, -0.1) is 0 Å². The first-order valence-electron chi connectivity index (χ1n) is 5.87. The van der Waals surface area contributed by atoms with E-state index < -0.39 is 0 Å². The fourth-order valence-electron chi connectivity index (χ4n) is 1.36. The maximum atomic E-state index is 7.50. The Hall–Kier alpha value is -1.92. The Morgan fingerprint density at radius 2 is 1.13 bits per heavy atom. The minimum absolute atomic E-state index is 0. The average Bonchev–Trinajstić information content (AvgIpc) is 2.66. The van der Waals surface area contributed by atoms with Crippen LogP contribution >= 0.6 is 0 Å². The van der Waals surface area contributed by atoms with Crippen molar-refractivity contribution in [2.45, 2.75) is 0 Å². The van der Waals surface area contributed by atoms with Crippen molar-refractivity contribution in [1.29, 1.82) is 0 Å². The topological polar surface area (TPSA) is 73.8 Å². The molecule has 0 fully saturated rings. The molecule has 0 heterocycles. The second-order valence-corrected chi connectivity index (χ2v) is 3.38. The summed E-state index contributed by atoms with van der Waals surface area (Å²) in [6.45, 7) is 15.3. The van der Waals surface area contributed by atoms with Crippen molar-refractivity contribution in [1.82, 2.24) is 5.32 Å². The van der Waals surface area contributed by atoms with Gasteiger partial charge >= 0.3 is 33.9 Å². The van der Waals surface area contributed by atoms with E-state index >= 15 is 0 Å². The van der Waals surface area contributed by atoms with Crippen LogP contribution in [0, 0.1) is 39.3 Å². The molecule has 0 aliphatic carbocycles. The summed E-state index contributed by atoms with van der Waals surface area (Å²) < 4.78 is 22.5. The van der Waals surface area contributed by atoms with Gasteiger partial charge in [-0.3, -0.25) is 5.32 Å². The normalized spacial score (nSPS) is 7.22. The van der Waals surface area contributed by atoms with Crippen molar-refractivity contribution in [2.24, 2.45) is 0 Å². The molecular formula is C18H13NO3Ru. The van der Waals surface area contributed by atoms with E-state index in [4.69, 9.17) is 14.0 Å². The van der Waals surface area contributed by atoms with E-state index in [0.717, 1.165) is 5.69 Å². The number of hydrogen-bond acceptors (Lipinski definition) is 0. The second kappa shape index (κ2) is 22.4. The third-order valence-electron chi connectivity index (χ3n) is 2.15. The predicted molar refractivity (Wildman–Crippen MR) is 78.5 cm³/mol. The van der Waals surface area contributed by atoms with Crippen molar-refractivity contribution in [3.63, 3.8) is 0 Å². The minimum Gasteiger partial charge on any atom is -0.279 e. The van der Waals surface area contributed by atoms with Crippen LogP contribution in [0.5, 0.6) is 0 Å². The molecule has 23 heavy (non-hydrogen) atoms. The molecule has 0 atom stereocenters. The first kappa shape index (κ1) is 26.0. The molecule has 0 aromatic heterocycles. The summed E-state index contributed by atoms with van der Waals surface area (Å²) in [6.07, 6.45) is 3.98. The van der Waals surface area contributed by atoms with Crippen LogP contribution in [0.15, 0.2) is 60.7 Å². The van der Waals surface area contributed by atoms with E-state index in [1.54, 1.807) is 0 Å². The summed E-state index contributed by atoms with van der Waals surface area (Å²) >= 11 is 0. The SMILES string of the molecule is [C-]#[O+].[C-]#[O+].[C-]#[O+].[CH]([CH][N]c1ccccc1)[CH]c1ccccc1.[Ru]. The molecular weight excluding hydrogens is 379 g/mol. The summed E-state index contributed by atoms with van der Waals surface area (Å²) in [7, 11) is 0. The third kappa shape index (κ3) is 14.8. The van der Waals surface area contributed by atoms with Crippen LogP contribution in [0.1, 0.15) is 5.56 Å². The maximum absolute atomic E-state index is 7.50. The molecule has 116 valence electrons. The predicted octanol–water partition coefficient (Wildman–Crippen LogP) is 3.43. The molecule has 0 saturated carbocycles. The van der Waals surface area contributed by atoms with Gasteiger partial charge in [0.15, 0.2) is 0 Å². The van der Waals surface area contributed by atoms with Crippen molar-refractivity contribution < 1.29 is 33.4 Å². The van der Waals surface area contributed by atoms with E-state index in [2.05, 4.69) is 37.4 Å². The molecule has 4 radical (unpaired) electrons. The van der Waals surface area contributed by atoms with Gasteiger partial charge in [0.25, 0.3) is 0 Å². The van der Waals surface area contributed by atoms with Gasteiger partial charge in [-0.2, -0.15) is 0 Å². The molecule has 0 unspecified atom stereocenters. The second-order valence-electron chi connectivity index (χ2n) is 3.38. The zero-order valence-corrected chi connectivity index (χ0v) is 13.8. The van der Waals surface area contributed by atoms with E-state index in [0.29, 0.717) is 0 Å². The van der Waals surface area contributed by atoms with Gasteiger partial charge in [-0.1, -0.05) is 48.5 Å². The van der Waals surface area contributed by atoms with Crippen molar-refractivity contribution in [3.8, 4) is 0 Å². The first-order valence-corrected chi connectivity index (χ1v) is 5.87. The molecule has 2 aromatic rings. The fourth-order valence-corrected chi connectivity index (χ4v) is 1.36. The van der Waals surface area contributed by atoms with Crippen LogP contribution in [0.25, 0.3) is 0 Å².